The minimum absolute atomic E-state index is 0.126. The average Bonchev–Trinajstić information content (AvgIpc) is 3.15. The van der Waals surface area contributed by atoms with Gasteiger partial charge in [-0.2, -0.15) is 0 Å². The Labute approximate surface area is 193 Å². The van der Waals surface area contributed by atoms with Crippen LogP contribution in [-0.2, 0) is 25.7 Å². The van der Waals surface area contributed by atoms with Crippen molar-refractivity contribution in [2.45, 2.75) is 81.8 Å². The van der Waals surface area contributed by atoms with Crippen LogP contribution < -0.4 is 10.6 Å². The number of rotatable bonds is 6. The van der Waals surface area contributed by atoms with Crippen molar-refractivity contribution in [2.75, 3.05) is 0 Å². The van der Waals surface area contributed by atoms with Crippen molar-refractivity contribution >= 4 is 17.7 Å². The van der Waals surface area contributed by atoms with Crippen molar-refractivity contribution in [3.05, 3.63) is 47.5 Å². The molecule has 7 nitrogen and oxygen atoms in total. The molecule has 2 aliphatic carbocycles. The molecule has 0 aromatic heterocycles. The molecule has 1 spiro atoms. The molecular formula is C26H31N3O4. The molecule has 2 saturated carbocycles. The van der Waals surface area contributed by atoms with Gasteiger partial charge in [-0.15, -0.1) is 0 Å². The minimum Gasteiger partial charge on any atom is -0.359 e. The summed E-state index contributed by atoms with van der Waals surface area (Å²) in [4.78, 5) is 42.3. The fraction of sp³-hybridized carbons (Fsp3) is 0.577. The fourth-order valence-corrected chi connectivity index (χ4v) is 6.20. The molecule has 2 N–H and O–H groups in total. The third-order valence-corrected chi connectivity index (χ3v) is 8.02. The minimum atomic E-state index is -1.08. The van der Waals surface area contributed by atoms with E-state index < -0.39 is 29.6 Å². The number of carbonyl (C=O) groups excluding carboxylic acids is 3. The van der Waals surface area contributed by atoms with Gasteiger partial charge < -0.3 is 20.3 Å². The summed E-state index contributed by atoms with van der Waals surface area (Å²) in [7, 11) is 0. The highest BCUT2D eigenvalue weighted by Gasteiger charge is 2.72. The molecule has 1 aromatic rings. The summed E-state index contributed by atoms with van der Waals surface area (Å²) >= 11 is 0. The molecule has 4 fully saturated rings. The number of fused-ring (bicyclic) bond motifs is 1. The van der Waals surface area contributed by atoms with E-state index in [4.69, 9.17) is 4.74 Å². The first-order chi connectivity index (χ1) is 16.0. The molecule has 3 amide bonds. The molecule has 5 atom stereocenters. The van der Waals surface area contributed by atoms with E-state index in [0.29, 0.717) is 6.54 Å². The number of hydrogen-bond donors (Lipinski definition) is 2. The van der Waals surface area contributed by atoms with Gasteiger partial charge in [0, 0.05) is 18.6 Å². The van der Waals surface area contributed by atoms with E-state index in [1.165, 1.54) is 0 Å². The maximum absolute atomic E-state index is 13.9. The summed E-state index contributed by atoms with van der Waals surface area (Å²) in [6.07, 6.45) is 9.42. The number of benzene rings is 1. The zero-order valence-electron chi connectivity index (χ0n) is 19.0. The first-order valence-corrected chi connectivity index (χ1v) is 12.3. The Bertz CT molecular complexity index is 1010. The number of likely N-dealkylation sites (tertiary alicyclic amines) is 1. The molecule has 33 heavy (non-hydrogen) atoms. The number of hydrogen-bond acceptors (Lipinski definition) is 4. The molecule has 0 unspecified atom stereocenters. The number of amides is 3. The molecule has 3 heterocycles. The third kappa shape index (κ3) is 3.39. The van der Waals surface area contributed by atoms with Crippen molar-refractivity contribution in [1.82, 2.24) is 15.5 Å². The van der Waals surface area contributed by atoms with Gasteiger partial charge >= 0.3 is 0 Å². The highest BCUT2D eigenvalue weighted by atomic mass is 16.5. The predicted octanol–water partition coefficient (Wildman–Crippen LogP) is 1.98. The molecule has 6 rings (SSSR count). The van der Waals surface area contributed by atoms with Crippen LogP contribution in [0.3, 0.4) is 0 Å². The van der Waals surface area contributed by atoms with Crippen LogP contribution in [0, 0.1) is 18.8 Å². The highest BCUT2D eigenvalue weighted by Crippen LogP contribution is 2.55. The fourth-order valence-electron chi connectivity index (χ4n) is 6.20. The Morgan fingerprint density at radius 2 is 1.70 bits per heavy atom. The first kappa shape index (κ1) is 20.9. The van der Waals surface area contributed by atoms with Crippen molar-refractivity contribution in [3.8, 4) is 0 Å². The normalized spacial score (nSPS) is 34.7. The summed E-state index contributed by atoms with van der Waals surface area (Å²) in [6.45, 7) is 2.34. The van der Waals surface area contributed by atoms with Crippen LogP contribution in [0.15, 0.2) is 36.4 Å². The van der Waals surface area contributed by atoms with Crippen LogP contribution in [0.4, 0.5) is 0 Å². The number of aryl methyl sites for hydroxylation is 1. The van der Waals surface area contributed by atoms with Crippen LogP contribution >= 0.6 is 0 Å². The molecule has 174 valence electrons. The quantitative estimate of drug-likeness (QED) is 0.650. The van der Waals surface area contributed by atoms with Gasteiger partial charge in [0.1, 0.15) is 11.6 Å². The highest BCUT2D eigenvalue weighted by molar-refractivity contribution is 6.00. The number of carbonyl (C=O) groups is 3. The Morgan fingerprint density at radius 1 is 1.03 bits per heavy atom. The zero-order chi connectivity index (χ0) is 22.7. The van der Waals surface area contributed by atoms with E-state index >= 15 is 0 Å². The SMILES string of the molecule is Cc1ccc(CN2C(=O)[C@H]3[C@@H](C(=O)NC4CC4)[C@H]4C=C[C@@]3(O4)[C@H]2C(=O)NC2CCCC2)cc1. The Hall–Kier alpha value is -2.67. The Kier molecular flexibility index (Phi) is 4.87. The number of ether oxygens (including phenoxy) is 1. The monoisotopic (exact) mass is 449 g/mol. The summed E-state index contributed by atoms with van der Waals surface area (Å²) in [5.74, 6) is -1.72. The second-order valence-electron chi connectivity index (χ2n) is 10.4. The zero-order valence-corrected chi connectivity index (χ0v) is 19.0. The molecular weight excluding hydrogens is 418 g/mol. The second kappa shape index (κ2) is 7.69. The summed E-state index contributed by atoms with van der Waals surface area (Å²) in [5.41, 5.74) is 1.02. The van der Waals surface area contributed by atoms with E-state index in [2.05, 4.69) is 10.6 Å². The second-order valence-corrected chi connectivity index (χ2v) is 10.4. The number of nitrogens with one attached hydrogen (secondary N) is 2. The first-order valence-electron chi connectivity index (χ1n) is 12.3. The van der Waals surface area contributed by atoms with Crippen LogP contribution in [-0.4, -0.2) is 52.5 Å². The van der Waals surface area contributed by atoms with Gasteiger partial charge in [-0.3, -0.25) is 14.4 Å². The predicted molar refractivity (Wildman–Crippen MR) is 121 cm³/mol. The standard InChI is InChI=1S/C26H31N3O4/c1-15-6-8-16(9-7-15)14-29-22(24(31)28-17-4-2-3-5-17)26-13-12-19(33-26)20(21(26)25(29)32)23(30)27-18-10-11-18/h6-9,12-13,17-22H,2-5,10-11,14H2,1H3,(H,27,30)(H,28,31)/t19-,20+,21-,22-,26+/m1/s1. The van der Waals surface area contributed by atoms with E-state index in [1.807, 2.05) is 43.3 Å². The maximum atomic E-state index is 13.9. The molecule has 0 radical (unpaired) electrons. The van der Waals surface area contributed by atoms with Gasteiger partial charge in [-0.1, -0.05) is 54.8 Å². The van der Waals surface area contributed by atoms with Crippen molar-refractivity contribution in [3.63, 3.8) is 0 Å². The van der Waals surface area contributed by atoms with E-state index in [0.717, 1.165) is 49.7 Å². The van der Waals surface area contributed by atoms with E-state index in [9.17, 15) is 14.4 Å². The molecule has 3 aliphatic heterocycles. The van der Waals surface area contributed by atoms with E-state index in [1.54, 1.807) is 4.90 Å². The van der Waals surface area contributed by atoms with Crippen LogP contribution in [0.5, 0.6) is 0 Å². The summed E-state index contributed by atoms with van der Waals surface area (Å²) in [6, 6.07) is 7.57. The largest absolute Gasteiger partial charge is 0.359 e. The molecule has 1 aromatic carbocycles. The van der Waals surface area contributed by atoms with Crippen molar-refractivity contribution < 1.29 is 19.1 Å². The van der Waals surface area contributed by atoms with E-state index in [-0.39, 0.29) is 29.8 Å². The van der Waals surface area contributed by atoms with Crippen LogP contribution in [0.1, 0.15) is 49.7 Å². The molecule has 7 heteroatoms. The summed E-state index contributed by atoms with van der Waals surface area (Å²) in [5, 5.41) is 6.26. The Balaban J connectivity index is 1.34. The van der Waals surface area contributed by atoms with Crippen LogP contribution in [0.2, 0.25) is 0 Å². The van der Waals surface area contributed by atoms with Crippen molar-refractivity contribution in [1.29, 1.82) is 0 Å². The van der Waals surface area contributed by atoms with Crippen molar-refractivity contribution in [2.24, 2.45) is 11.8 Å². The van der Waals surface area contributed by atoms with Gasteiger partial charge in [0.2, 0.25) is 17.7 Å². The lowest BCUT2D eigenvalue weighted by Crippen LogP contribution is -2.55. The lowest BCUT2D eigenvalue weighted by molar-refractivity contribution is -0.142. The topological polar surface area (TPSA) is 87.7 Å². The molecule has 2 bridgehead atoms. The lowest BCUT2D eigenvalue weighted by Gasteiger charge is -2.33. The van der Waals surface area contributed by atoms with Gasteiger partial charge in [0.05, 0.1) is 17.9 Å². The summed E-state index contributed by atoms with van der Waals surface area (Å²) < 4.78 is 6.38. The maximum Gasteiger partial charge on any atom is 0.246 e. The van der Waals surface area contributed by atoms with Gasteiger partial charge in [0.15, 0.2) is 0 Å². The average molecular weight is 450 g/mol. The molecule has 5 aliphatic rings. The molecule has 2 saturated heterocycles. The third-order valence-electron chi connectivity index (χ3n) is 8.02. The van der Waals surface area contributed by atoms with Gasteiger partial charge in [-0.25, -0.2) is 0 Å². The lowest BCUT2D eigenvalue weighted by atomic mass is 9.74. The Morgan fingerprint density at radius 3 is 2.39 bits per heavy atom. The van der Waals surface area contributed by atoms with Gasteiger partial charge in [-0.05, 0) is 38.2 Å². The smallest absolute Gasteiger partial charge is 0.246 e. The number of nitrogens with zero attached hydrogens (tertiary/aromatic N) is 1. The van der Waals surface area contributed by atoms with Gasteiger partial charge in [0.25, 0.3) is 0 Å². The van der Waals surface area contributed by atoms with Crippen LogP contribution in [0.25, 0.3) is 0 Å².